The summed E-state index contributed by atoms with van der Waals surface area (Å²) in [7, 11) is 0. The number of rotatable bonds is 2. The van der Waals surface area contributed by atoms with E-state index in [0.29, 0.717) is 16.7 Å². The maximum absolute atomic E-state index is 12.3. The summed E-state index contributed by atoms with van der Waals surface area (Å²) < 4.78 is 10.9. The summed E-state index contributed by atoms with van der Waals surface area (Å²) in [5.74, 6) is 0.228. The molecule has 0 atom stereocenters. The third-order valence-corrected chi connectivity index (χ3v) is 4.75. The lowest BCUT2D eigenvalue weighted by Gasteiger charge is -2.19. The van der Waals surface area contributed by atoms with Gasteiger partial charge in [-0.25, -0.2) is 4.79 Å². The molecule has 2 aromatic carbocycles. The van der Waals surface area contributed by atoms with Crippen LogP contribution in [-0.2, 0) is 4.79 Å². The molecule has 1 aliphatic carbocycles. The van der Waals surface area contributed by atoms with Gasteiger partial charge >= 0.3 is 11.6 Å². The van der Waals surface area contributed by atoms with Crippen LogP contribution in [0, 0.1) is 5.92 Å². The quantitative estimate of drug-likeness (QED) is 0.303. The molecule has 0 N–H and O–H groups in total. The van der Waals surface area contributed by atoms with Crippen LogP contribution in [0.3, 0.4) is 0 Å². The number of hydrogen-bond acceptors (Lipinski definition) is 4. The highest BCUT2D eigenvalue weighted by atomic mass is 16.5. The molecule has 1 saturated carbocycles. The van der Waals surface area contributed by atoms with Gasteiger partial charge in [0.2, 0.25) is 0 Å². The van der Waals surface area contributed by atoms with Crippen molar-refractivity contribution < 1.29 is 13.9 Å². The molecular formula is C20H18O4. The molecule has 0 bridgehead atoms. The van der Waals surface area contributed by atoms with E-state index in [-0.39, 0.29) is 17.5 Å². The summed E-state index contributed by atoms with van der Waals surface area (Å²) in [5, 5.41) is 2.23. The molecule has 3 aromatic rings. The summed E-state index contributed by atoms with van der Waals surface area (Å²) >= 11 is 0. The second-order valence-electron chi connectivity index (χ2n) is 6.35. The fraction of sp³-hybridized carbons (Fsp3) is 0.300. The molecule has 4 nitrogen and oxygen atoms in total. The molecule has 0 aliphatic heterocycles. The molecule has 1 heterocycles. The molecule has 1 fully saturated rings. The zero-order valence-corrected chi connectivity index (χ0v) is 13.3. The minimum atomic E-state index is -0.381. The summed E-state index contributed by atoms with van der Waals surface area (Å²) in [6.45, 7) is 0. The van der Waals surface area contributed by atoms with Crippen LogP contribution >= 0.6 is 0 Å². The molecule has 1 aliphatic rings. The van der Waals surface area contributed by atoms with Gasteiger partial charge < -0.3 is 9.15 Å². The third-order valence-electron chi connectivity index (χ3n) is 4.75. The summed E-state index contributed by atoms with van der Waals surface area (Å²) in [4.78, 5) is 24.4. The van der Waals surface area contributed by atoms with Crippen molar-refractivity contribution in [2.24, 2.45) is 5.92 Å². The minimum Gasteiger partial charge on any atom is -0.426 e. The molecule has 0 radical (unpaired) electrons. The smallest absolute Gasteiger partial charge is 0.344 e. The Kier molecular flexibility index (Phi) is 3.81. The topological polar surface area (TPSA) is 56.5 Å². The lowest BCUT2D eigenvalue weighted by molar-refractivity contribution is -0.139. The van der Waals surface area contributed by atoms with E-state index in [1.54, 1.807) is 18.2 Å². The van der Waals surface area contributed by atoms with Crippen LogP contribution in [0.1, 0.15) is 32.1 Å². The van der Waals surface area contributed by atoms with Gasteiger partial charge in [-0.15, -0.1) is 0 Å². The van der Waals surface area contributed by atoms with Crippen molar-refractivity contribution in [2.75, 3.05) is 0 Å². The Balaban J connectivity index is 1.69. The molecule has 4 heteroatoms. The Morgan fingerprint density at radius 1 is 0.958 bits per heavy atom. The van der Waals surface area contributed by atoms with Crippen molar-refractivity contribution >= 4 is 27.7 Å². The van der Waals surface area contributed by atoms with Gasteiger partial charge in [-0.2, -0.15) is 0 Å². The van der Waals surface area contributed by atoms with E-state index in [9.17, 15) is 9.59 Å². The number of benzene rings is 2. The molecule has 0 saturated heterocycles. The Morgan fingerprint density at radius 2 is 1.71 bits per heavy atom. The average Bonchev–Trinajstić information content (AvgIpc) is 2.62. The fourth-order valence-electron chi connectivity index (χ4n) is 3.46. The van der Waals surface area contributed by atoms with Gasteiger partial charge in [-0.3, -0.25) is 4.79 Å². The van der Waals surface area contributed by atoms with Gasteiger partial charge in [0.05, 0.1) is 11.3 Å². The lowest BCUT2D eigenvalue weighted by Crippen LogP contribution is -2.22. The SMILES string of the molecule is O=C(Oc1ccc2c(c1)oc(=O)c1ccccc12)C1CCCCC1. The Morgan fingerprint density at radius 3 is 2.50 bits per heavy atom. The van der Waals surface area contributed by atoms with Crippen molar-refractivity contribution in [3.05, 3.63) is 52.9 Å². The van der Waals surface area contributed by atoms with Crippen LogP contribution in [0.2, 0.25) is 0 Å². The zero-order valence-electron chi connectivity index (χ0n) is 13.3. The van der Waals surface area contributed by atoms with Crippen LogP contribution in [0.15, 0.2) is 51.7 Å². The van der Waals surface area contributed by atoms with Crippen LogP contribution in [0.25, 0.3) is 21.7 Å². The van der Waals surface area contributed by atoms with Crippen molar-refractivity contribution in [1.29, 1.82) is 0 Å². The first-order valence-electron chi connectivity index (χ1n) is 8.40. The molecule has 24 heavy (non-hydrogen) atoms. The van der Waals surface area contributed by atoms with Gasteiger partial charge in [-0.1, -0.05) is 37.5 Å². The highest BCUT2D eigenvalue weighted by Gasteiger charge is 2.23. The average molecular weight is 322 g/mol. The summed E-state index contributed by atoms with van der Waals surface area (Å²) in [6, 6.07) is 12.6. The standard InChI is InChI=1S/C20H18O4/c21-19(13-6-2-1-3-7-13)23-14-10-11-16-15-8-4-5-9-17(15)20(22)24-18(16)12-14/h4-5,8-13H,1-3,6-7H2. The fourth-order valence-corrected chi connectivity index (χ4v) is 3.46. The Hall–Kier alpha value is -2.62. The van der Waals surface area contributed by atoms with Crippen LogP contribution < -0.4 is 10.4 Å². The van der Waals surface area contributed by atoms with Crippen molar-refractivity contribution in [3.63, 3.8) is 0 Å². The first-order valence-corrected chi connectivity index (χ1v) is 8.40. The molecule has 4 rings (SSSR count). The number of carbonyl (C=O) groups excluding carboxylic acids is 1. The predicted molar refractivity (Wildman–Crippen MR) is 92.2 cm³/mol. The van der Waals surface area contributed by atoms with Gasteiger partial charge in [0.15, 0.2) is 0 Å². The highest BCUT2D eigenvalue weighted by molar-refractivity contribution is 6.04. The first-order chi connectivity index (χ1) is 11.7. The van der Waals surface area contributed by atoms with Crippen LogP contribution in [0.5, 0.6) is 5.75 Å². The van der Waals surface area contributed by atoms with E-state index in [0.717, 1.165) is 36.5 Å². The second-order valence-corrected chi connectivity index (χ2v) is 6.35. The Labute approximate surface area is 139 Å². The van der Waals surface area contributed by atoms with E-state index in [1.807, 2.05) is 24.3 Å². The molecular weight excluding hydrogens is 304 g/mol. The van der Waals surface area contributed by atoms with Gasteiger partial charge in [0.1, 0.15) is 11.3 Å². The number of esters is 1. The maximum atomic E-state index is 12.3. The molecule has 1 aromatic heterocycles. The monoisotopic (exact) mass is 322 g/mol. The minimum absolute atomic E-state index is 0.0157. The second kappa shape index (κ2) is 6.11. The van der Waals surface area contributed by atoms with Gasteiger partial charge in [-0.05, 0) is 36.4 Å². The van der Waals surface area contributed by atoms with Crippen molar-refractivity contribution in [1.82, 2.24) is 0 Å². The van der Waals surface area contributed by atoms with E-state index < -0.39 is 0 Å². The normalized spacial score (nSPS) is 15.7. The van der Waals surface area contributed by atoms with Crippen LogP contribution in [0.4, 0.5) is 0 Å². The van der Waals surface area contributed by atoms with Gasteiger partial charge in [0.25, 0.3) is 0 Å². The molecule has 0 amide bonds. The van der Waals surface area contributed by atoms with Crippen molar-refractivity contribution in [2.45, 2.75) is 32.1 Å². The lowest BCUT2D eigenvalue weighted by atomic mass is 9.89. The van der Waals surface area contributed by atoms with E-state index in [2.05, 4.69) is 0 Å². The predicted octanol–water partition coefficient (Wildman–Crippen LogP) is 4.43. The van der Waals surface area contributed by atoms with E-state index in [1.165, 1.54) is 6.42 Å². The van der Waals surface area contributed by atoms with Crippen LogP contribution in [-0.4, -0.2) is 5.97 Å². The molecule has 0 unspecified atom stereocenters. The van der Waals surface area contributed by atoms with Crippen molar-refractivity contribution in [3.8, 4) is 5.75 Å². The summed E-state index contributed by atoms with van der Waals surface area (Å²) in [6.07, 6.45) is 5.15. The largest absolute Gasteiger partial charge is 0.426 e. The van der Waals surface area contributed by atoms with Gasteiger partial charge in [0, 0.05) is 11.5 Å². The number of ether oxygens (including phenoxy) is 1. The maximum Gasteiger partial charge on any atom is 0.344 e. The first kappa shape index (κ1) is 14.9. The number of hydrogen-bond donors (Lipinski definition) is 0. The van der Waals surface area contributed by atoms with E-state index >= 15 is 0 Å². The number of fused-ring (bicyclic) bond motifs is 3. The highest BCUT2D eigenvalue weighted by Crippen LogP contribution is 2.29. The zero-order chi connectivity index (χ0) is 16.5. The molecule has 122 valence electrons. The number of carbonyl (C=O) groups is 1. The molecule has 0 spiro atoms. The summed E-state index contributed by atoms with van der Waals surface area (Å²) in [5.41, 5.74) is 0.0569. The third kappa shape index (κ3) is 2.68. The Bertz CT molecular complexity index is 964. The van der Waals surface area contributed by atoms with E-state index in [4.69, 9.17) is 9.15 Å².